The number of carbonyl (C=O) groups is 1. The number of benzene rings is 2. The van der Waals surface area contributed by atoms with E-state index in [4.69, 9.17) is 5.73 Å². The average molecular weight is 530 g/mol. The van der Waals surface area contributed by atoms with Crippen molar-refractivity contribution in [3.8, 4) is 0 Å². The third-order valence-electron chi connectivity index (χ3n) is 6.04. The molecule has 37 heavy (non-hydrogen) atoms. The summed E-state index contributed by atoms with van der Waals surface area (Å²) < 4.78 is 44.1. The standard InChI is InChI=1S/C25H22F3N7O.ClH/c1-2-34-19-12-16(25(26,27)28)8-9-18(19)35(14-15-6-4-3-5-7-15)20(34)13-31-24(36)21-22(29)33-23-17(32-21)10-11-30-23;/h3-12H,2,13-14H2,1H3,(H3-,29,30,31,32,33,36);1H. The summed E-state index contributed by atoms with van der Waals surface area (Å²) >= 11 is 0. The van der Waals surface area contributed by atoms with E-state index >= 15 is 0 Å². The molecule has 3 heterocycles. The minimum atomic E-state index is -4.47. The Hall–Kier alpha value is -4.12. The zero-order valence-electron chi connectivity index (χ0n) is 19.7. The number of hydrogen-bond donors (Lipinski definition) is 3. The lowest BCUT2D eigenvalue weighted by molar-refractivity contribution is -0.671. The molecular formula is C25H23ClF3N7O. The average Bonchev–Trinajstić information content (AvgIpc) is 3.43. The van der Waals surface area contributed by atoms with Crippen molar-refractivity contribution in [3.63, 3.8) is 0 Å². The third kappa shape index (κ3) is 4.94. The van der Waals surface area contributed by atoms with Crippen molar-refractivity contribution in [2.75, 3.05) is 5.73 Å². The molecule has 0 aliphatic carbocycles. The molecule has 0 unspecified atom stereocenters. The van der Waals surface area contributed by atoms with Crippen molar-refractivity contribution in [2.24, 2.45) is 0 Å². The Labute approximate surface area is 215 Å². The zero-order chi connectivity index (χ0) is 25.4. The van der Waals surface area contributed by atoms with Crippen LogP contribution in [0.25, 0.3) is 22.2 Å². The third-order valence-corrected chi connectivity index (χ3v) is 6.04. The van der Waals surface area contributed by atoms with Crippen LogP contribution in [0.3, 0.4) is 0 Å². The lowest BCUT2D eigenvalue weighted by Gasteiger charge is -2.08. The fraction of sp³-hybridized carbons (Fsp3) is 0.200. The Bertz CT molecular complexity index is 1580. The van der Waals surface area contributed by atoms with Crippen LogP contribution >= 0.6 is 0 Å². The predicted octanol–water partition coefficient (Wildman–Crippen LogP) is 0.803. The van der Waals surface area contributed by atoms with Crippen LogP contribution in [-0.2, 0) is 25.8 Å². The maximum atomic E-state index is 13.5. The van der Waals surface area contributed by atoms with Crippen molar-refractivity contribution in [2.45, 2.75) is 32.7 Å². The number of rotatable bonds is 6. The number of aryl methyl sites for hydroxylation is 1. The molecule has 0 aliphatic heterocycles. The summed E-state index contributed by atoms with van der Waals surface area (Å²) in [7, 11) is 0. The lowest BCUT2D eigenvalue weighted by atomic mass is 10.2. The van der Waals surface area contributed by atoms with Gasteiger partial charge in [0.1, 0.15) is 18.6 Å². The molecule has 0 bridgehead atoms. The number of carbonyl (C=O) groups excluding carboxylic acids is 1. The fourth-order valence-corrected chi connectivity index (χ4v) is 4.35. The molecule has 0 spiro atoms. The molecule has 192 valence electrons. The van der Waals surface area contributed by atoms with Gasteiger partial charge in [0.2, 0.25) is 0 Å². The molecule has 5 aromatic rings. The van der Waals surface area contributed by atoms with Gasteiger partial charge in [-0.1, -0.05) is 30.3 Å². The Kier molecular flexibility index (Phi) is 7.08. The van der Waals surface area contributed by atoms with Crippen LogP contribution in [0.5, 0.6) is 0 Å². The minimum absolute atomic E-state index is 0. The van der Waals surface area contributed by atoms with Gasteiger partial charge in [0.15, 0.2) is 28.2 Å². The summed E-state index contributed by atoms with van der Waals surface area (Å²) in [6.45, 7) is 2.71. The van der Waals surface area contributed by atoms with Gasteiger partial charge in [-0.15, -0.1) is 0 Å². The van der Waals surface area contributed by atoms with Crippen LogP contribution < -0.4 is 28.0 Å². The maximum Gasteiger partial charge on any atom is 0.416 e. The van der Waals surface area contributed by atoms with Crippen molar-refractivity contribution in [1.82, 2.24) is 24.8 Å². The number of nitrogens with one attached hydrogen (secondary N) is 2. The van der Waals surface area contributed by atoms with Gasteiger partial charge in [-0.05, 0) is 30.7 Å². The predicted molar refractivity (Wildman–Crippen MR) is 128 cm³/mol. The normalized spacial score (nSPS) is 11.6. The van der Waals surface area contributed by atoms with E-state index in [1.165, 1.54) is 6.07 Å². The van der Waals surface area contributed by atoms with Crippen molar-refractivity contribution >= 4 is 33.9 Å². The largest absolute Gasteiger partial charge is 1.00 e. The molecule has 0 saturated carbocycles. The lowest BCUT2D eigenvalue weighted by Crippen LogP contribution is -3.00. The highest BCUT2D eigenvalue weighted by Gasteiger charge is 2.33. The summed E-state index contributed by atoms with van der Waals surface area (Å²) in [6, 6.07) is 15.0. The number of H-pyrrole nitrogens is 1. The van der Waals surface area contributed by atoms with Gasteiger partial charge in [0.05, 0.1) is 12.1 Å². The number of nitrogens with zero attached hydrogens (tertiary/aromatic N) is 4. The van der Waals surface area contributed by atoms with Crippen LogP contribution in [0, 0.1) is 0 Å². The monoisotopic (exact) mass is 529 g/mol. The summed E-state index contributed by atoms with van der Waals surface area (Å²) in [5.74, 6) is 0.0852. The number of amides is 1. The van der Waals surface area contributed by atoms with E-state index in [0.717, 1.165) is 17.7 Å². The molecule has 0 fully saturated rings. The van der Waals surface area contributed by atoms with Gasteiger partial charge in [0, 0.05) is 12.3 Å². The second-order valence-corrected chi connectivity index (χ2v) is 8.29. The number of nitrogens with two attached hydrogens (primary N) is 1. The number of nitrogen functional groups attached to an aromatic ring is 1. The van der Waals surface area contributed by atoms with Crippen LogP contribution in [0.15, 0.2) is 60.8 Å². The van der Waals surface area contributed by atoms with Crippen molar-refractivity contribution in [1.29, 1.82) is 0 Å². The van der Waals surface area contributed by atoms with E-state index in [2.05, 4.69) is 20.3 Å². The van der Waals surface area contributed by atoms with Gasteiger partial charge in [-0.3, -0.25) is 4.79 Å². The van der Waals surface area contributed by atoms with E-state index < -0.39 is 17.6 Å². The van der Waals surface area contributed by atoms with E-state index in [-0.39, 0.29) is 30.5 Å². The number of aromatic nitrogens is 5. The van der Waals surface area contributed by atoms with Gasteiger partial charge in [0.25, 0.3) is 11.7 Å². The van der Waals surface area contributed by atoms with E-state index in [0.29, 0.717) is 41.1 Å². The summed E-state index contributed by atoms with van der Waals surface area (Å²) in [5.41, 5.74) is 8.20. The van der Waals surface area contributed by atoms with E-state index in [9.17, 15) is 18.0 Å². The summed E-state index contributed by atoms with van der Waals surface area (Å²) in [4.78, 5) is 24.4. The first-order chi connectivity index (χ1) is 17.3. The van der Waals surface area contributed by atoms with Crippen LogP contribution in [0.2, 0.25) is 0 Å². The molecular weight excluding hydrogens is 507 g/mol. The van der Waals surface area contributed by atoms with E-state index in [1.807, 2.05) is 41.8 Å². The highest BCUT2D eigenvalue weighted by molar-refractivity contribution is 5.98. The van der Waals surface area contributed by atoms with Crippen LogP contribution in [-0.4, -0.2) is 25.4 Å². The smallest absolute Gasteiger partial charge is 0.416 e. The number of alkyl halides is 3. The Morgan fingerprint density at radius 1 is 1.14 bits per heavy atom. The molecule has 3 aromatic heterocycles. The Balaban J connectivity index is 0.00000320. The number of imidazole rings is 1. The Morgan fingerprint density at radius 3 is 2.59 bits per heavy atom. The first kappa shape index (κ1) is 26.0. The summed E-state index contributed by atoms with van der Waals surface area (Å²) in [5, 5.41) is 2.82. The van der Waals surface area contributed by atoms with Gasteiger partial charge < -0.3 is 28.4 Å². The van der Waals surface area contributed by atoms with Crippen molar-refractivity contribution in [3.05, 3.63) is 83.4 Å². The van der Waals surface area contributed by atoms with Crippen molar-refractivity contribution < 1.29 is 34.9 Å². The molecule has 0 radical (unpaired) electrons. The number of hydrogen-bond acceptors (Lipinski definition) is 4. The molecule has 1 amide bonds. The second kappa shape index (κ2) is 10.1. The molecule has 0 atom stereocenters. The fourth-order valence-electron chi connectivity index (χ4n) is 4.35. The molecule has 12 heteroatoms. The highest BCUT2D eigenvalue weighted by atomic mass is 35.5. The number of halogens is 4. The minimum Gasteiger partial charge on any atom is -1.00 e. The molecule has 2 aromatic carbocycles. The number of anilines is 1. The molecule has 4 N–H and O–H groups in total. The first-order valence-corrected chi connectivity index (χ1v) is 11.3. The first-order valence-electron chi connectivity index (χ1n) is 11.3. The SMILES string of the molecule is CCn1c(CNC(=O)c2nc3cc[nH]c3nc2N)[n+](Cc2ccccc2)c2ccc(C(F)(F)F)cc21.[Cl-]. The topological polar surface area (TPSA) is 105 Å². The quantitative estimate of drug-likeness (QED) is 0.283. The number of aromatic amines is 1. The maximum absolute atomic E-state index is 13.5. The molecule has 8 nitrogen and oxygen atoms in total. The van der Waals surface area contributed by atoms with Gasteiger partial charge in [-0.25, -0.2) is 19.1 Å². The molecule has 0 aliphatic rings. The number of fused-ring (bicyclic) bond motifs is 2. The van der Waals surface area contributed by atoms with E-state index in [1.54, 1.807) is 16.8 Å². The van der Waals surface area contributed by atoms with Crippen LogP contribution in [0.4, 0.5) is 19.0 Å². The van der Waals surface area contributed by atoms with Gasteiger partial charge >= 0.3 is 6.18 Å². The molecule has 5 rings (SSSR count). The van der Waals surface area contributed by atoms with Crippen LogP contribution in [0.1, 0.15) is 34.4 Å². The molecule has 0 saturated heterocycles. The highest BCUT2D eigenvalue weighted by Crippen LogP contribution is 2.31. The Morgan fingerprint density at radius 2 is 1.89 bits per heavy atom. The second-order valence-electron chi connectivity index (χ2n) is 8.29. The zero-order valence-corrected chi connectivity index (χ0v) is 20.4. The summed E-state index contributed by atoms with van der Waals surface area (Å²) in [6.07, 6.45) is -2.82. The van der Waals surface area contributed by atoms with Gasteiger partial charge in [-0.2, -0.15) is 13.2 Å².